The fraction of sp³-hybridized carbons (Fsp3) is 0.424. The van der Waals surface area contributed by atoms with Gasteiger partial charge in [0.25, 0.3) is 0 Å². The highest BCUT2D eigenvalue weighted by Crippen LogP contribution is 2.42. The number of aromatic nitrogens is 2. The lowest BCUT2D eigenvalue weighted by Crippen LogP contribution is -2.52. The second-order valence-electron chi connectivity index (χ2n) is 11.8. The van der Waals surface area contributed by atoms with Crippen LogP contribution in [0.3, 0.4) is 0 Å². The molecule has 1 atom stereocenters. The van der Waals surface area contributed by atoms with Crippen molar-refractivity contribution >= 4 is 57.8 Å². The molecule has 3 aliphatic rings. The molecular formula is C33H40Cl2N8O3. The van der Waals surface area contributed by atoms with Crippen molar-refractivity contribution in [3.63, 3.8) is 0 Å². The molecule has 13 heteroatoms. The number of ether oxygens (including phenoxy) is 1. The standard InChI is InChI=1S/C33H40Cl2N8O3/c1-4-32(44)39-25-18-26(29(45-3)19-28(25)42-11-8-22(9-12-42)41-15-13-40(2)14-16-41)38-30-20-31(37-21-36-30)43-27(10-17-46-43)23-6-5-7-24(34)33(23)35/h4-7,18-22,27H,1,8-17H2,2-3H3,(H,39,44)(H,36,37,38). The summed E-state index contributed by atoms with van der Waals surface area (Å²) in [4.78, 5) is 34.8. The molecule has 1 amide bonds. The average molecular weight is 668 g/mol. The number of carbonyl (C=O) groups is 1. The third-order valence-corrected chi connectivity index (χ3v) is 9.84. The summed E-state index contributed by atoms with van der Waals surface area (Å²) in [5, 5.41) is 9.11. The predicted molar refractivity (Wildman–Crippen MR) is 184 cm³/mol. The maximum Gasteiger partial charge on any atom is 0.247 e. The SMILES string of the molecule is C=CC(=O)Nc1cc(Nc2cc(N3OCCC3c3cccc(Cl)c3Cl)ncn2)c(OC)cc1N1CCC(N2CCN(C)CC2)CC1. The number of nitrogens with zero attached hydrogens (tertiary/aromatic N) is 6. The second kappa shape index (κ2) is 14.4. The normalized spacial score (nSPS) is 19.7. The van der Waals surface area contributed by atoms with Crippen molar-refractivity contribution in [1.82, 2.24) is 19.8 Å². The highest BCUT2D eigenvalue weighted by atomic mass is 35.5. The van der Waals surface area contributed by atoms with Crippen molar-refractivity contribution in [3.05, 3.63) is 71.0 Å². The number of hydrogen-bond acceptors (Lipinski definition) is 10. The van der Waals surface area contributed by atoms with Crippen molar-refractivity contribution in [2.24, 2.45) is 0 Å². The third-order valence-electron chi connectivity index (χ3n) is 9.01. The largest absolute Gasteiger partial charge is 0.494 e. The summed E-state index contributed by atoms with van der Waals surface area (Å²) in [6.07, 6.45) is 5.59. The van der Waals surface area contributed by atoms with Crippen LogP contribution in [-0.2, 0) is 9.63 Å². The smallest absolute Gasteiger partial charge is 0.247 e. The molecular weight excluding hydrogens is 627 g/mol. The van der Waals surface area contributed by atoms with Crippen LogP contribution in [0.25, 0.3) is 0 Å². The van der Waals surface area contributed by atoms with Gasteiger partial charge in [-0.2, -0.15) is 0 Å². The summed E-state index contributed by atoms with van der Waals surface area (Å²) in [6, 6.07) is 11.6. The lowest BCUT2D eigenvalue weighted by Gasteiger charge is -2.43. The number of amides is 1. The zero-order valence-electron chi connectivity index (χ0n) is 26.2. The number of likely N-dealkylation sites (N-methyl/N-ethyl adjacent to an activating group) is 1. The van der Waals surface area contributed by atoms with E-state index in [1.807, 2.05) is 24.3 Å². The van der Waals surface area contributed by atoms with Gasteiger partial charge in [0.05, 0.1) is 46.9 Å². The predicted octanol–water partition coefficient (Wildman–Crippen LogP) is 5.76. The van der Waals surface area contributed by atoms with E-state index in [1.165, 1.54) is 12.4 Å². The van der Waals surface area contributed by atoms with E-state index >= 15 is 0 Å². The Kier molecular flexibility index (Phi) is 10.1. The van der Waals surface area contributed by atoms with Crippen molar-refractivity contribution < 1.29 is 14.4 Å². The number of anilines is 5. The van der Waals surface area contributed by atoms with Gasteiger partial charge in [0.2, 0.25) is 5.91 Å². The fourth-order valence-corrected chi connectivity index (χ4v) is 6.90. The van der Waals surface area contributed by atoms with E-state index in [1.54, 1.807) is 24.3 Å². The molecule has 0 spiro atoms. The Balaban J connectivity index is 1.23. The fourth-order valence-electron chi connectivity index (χ4n) is 6.47. The first-order valence-electron chi connectivity index (χ1n) is 15.6. The summed E-state index contributed by atoms with van der Waals surface area (Å²) in [5.74, 6) is 1.42. The maximum absolute atomic E-state index is 12.5. The van der Waals surface area contributed by atoms with E-state index in [-0.39, 0.29) is 11.9 Å². The highest BCUT2D eigenvalue weighted by Gasteiger charge is 2.32. The first-order chi connectivity index (χ1) is 22.3. The molecule has 0 radical (unpaired) electrons. The molecule has 0 saturated carbocycles. The number of nitrogens with one attached hydrogen (secondary N) is 2. The number of rotatable bonds is 9. The Labute approximate surface area is 280 Å². The summed E-state index contributed by atoms with van der Waals surface area (Å²) in [5.41, 5.74) is 3.08. The molecule has 1 aromatic heterocycles. The van der Waals surface area contributed by atoms with Gasteiger partial charge in [-0.3, -0.25) is 14.5 Å². The molecule has 3 aliphatic heterocycles. The Morgan fingerprint density at radius 3 is 2.57 bits per heavy atom. The summed E-state index contributed by atoms with van der Waals surface area (Å²) in [6.45, 7) is 10.4. The van der Waals surface area contributed by atoms with Crippen LogP contribution >= 0.6 is 23.2 Å². The second-order valence-corrected chi connectivity index (χ2v) is 12.6. The molecule has 244 valence electrons. The molecule has 2 N–H and O–H groups in total. The number of piperidine rings is 1. The van der Waals surface area contributed by atoms with Crippen LogP contribution in [0.5, 0.6) is 5.75 Å². The van der Waals surface area contributed by atoms with Crippen LogP contribution < -0.4 is 25.3 Å². The Morgan fingerprint density at radius 2 is 1.83 bits per heavy atom. The van der Waals surface area contributed by atoms with Gasteiger partial charge in [-0.15, -0.1) is 0 Å². The van der Waals surface area contributed by atoms with Crippen LogP contribution in [0.1, 0.15) is 30.9 Å². The zero-order valence-corrected chi connectivity index (χ0v) is 27.7. The van der Waals surface area contributed by atoms with Crippen LogP contribution in [0.4, 0.5) is 28.7 Å². The molecule has 3 fully saturated rings. The summed E-state index contributed by atoms with van der Waals surface area (Å²) >= 11 is 12.9. The number of halogens is 2. The molecule has 2 aromatic carbocycles. The first-order valence-corrected chi connectivity index (χ1v) is 16.4. The number of benzene rings is 2. The van der Waals surface area contributed by atoms with Gasteiger partial charge < -0.3 is 25.2 Å². The average Bonchev–Trinajstić information content (AvgIpc) is 3.57. The maximum atomic E-state index is 12.5. The van der Waals surface area contributed by atoms with E-state index in [9.17, 15) is 4.79 Å². The van der Waals surface area contributed by atoms with E-state index in [2.05, 4.69) is 48.9 Å². The quantitative estimate of drug-likeness (QED) is 0.274. The number of piperazine rings is 1. The molecule has 3 saturated heterocycles. The van der Waals surface area contributed by atoms with Crippen molar-refractivity contribution in [3.8, 4) is 5.75 Å². The van der Waals surface area contributed by atoms with Crippen molar-refractivity contribution in [1.29, 1.82) is 0 Å². The monoisotopic (exact) mass is 666 g/mol. The first kappa shape index (κ1) is 32.3. The minimum Gasteiger partial charge on any atom is -0.494 e. The van der Waals surface area contributed by atoms with Gasteiger partial charge in [0.1, 0.15) is 17.9 Å². The van der Waals surface area contributed by atoms with Crippen LogP contribution in [-0.4, -0.2) is 91.7 Å². The molecule has 0 bridgehead atoms. The summed E-state index contributed by atoms with van der Waals surface area (Å²) in [7, 11) is 3.82. The number of methoxy groups -OCH3 is 1. The van der Waals surface area contributed by atoms with Gasteiger partial charge in [0.15, 0.2) is 5.82 Å². The van der Waals surface area contributed by atoms with Gasteiger partial charge in [-0.1, -0.05) is 41.9 Å². The molecule has 11 nitrogen and oxygen atoms in total. The molecule has 3 aromatic rings. The van der Waals surface area contributed by atoms with Crippen LogP contribution in [0.15, 0.2) is 55.4 Å². The van der Waals surface area contributed by atoms with Crippen molar-refractivity contribution in [2.75, 3.05) is 80.6 Å². The van der Waals surface area contributed by atoms with Gasteiger partial charge in [0, 0.05) is 63.9 Å². The number of carbonyl (C=O) groups excluding carboxylic acids is 1. The van der Waals surface area contributed by atoms with E-state index in [0.717, 1.165) is 69.8 Å². The number of hydrogen-bond donors (Lipinski definition) is 2. The van der Waals surface area contributed by atoms with E-state index in [0.29, 0.717) is 51.5 Å². The Hall–Kier alpha value is -3.61. The van der Waals surface area contributed by atoms with E-state index < -0.39 is 0 Å². The summed E-state index contributed by atoms with van der Waals surface area (Å²) < 4.78 is 5.85. The van der Waals surface area contributed by atoms with Crippen LogP contribution in [0.2, 0.25) is 10.0 Å². The van der Waals surface area contributed by atoms with Gasteiger partial charge >= 0.3 is 0 Å². The lowest BCUT2D eigenvalue weighted by molar-refractivity contribution is -0.111. The Bertz CT molecular complexity index is 1560. The van der Waals surface area contributed by atoms with Crippen molar-refractivity contribution in [2.45, 2.75) is 31.3 Å². The third kappa shape index (κ3) is 7.03. The molecule has 6 rings (SSSR count). The minimum absolute atomic E-state index is 0.163. The van der Waals surface area contributed by atoms with Gasteiger partial charge in [-0.05, 0) is 43.7 Å². The van der Waals surface area contributed by atoms with Crippen LogP contribution in [0, 0.1) is 0 Å². The molecule has 46 heavy (non-hydrogen) atoms. The molecule has 0 aliphatic carbocycles. The topological polar surface area (TPSA) is 98.3 Å². The number of hydroxylamine groups is 1. The van der Waals surface area contributed by atoms with E-state index in [4.69, 9.17) is 32.8 Å². The molecule has 4 heterocycles. The zero-order chi connectivity index (χ0) is 32.2. The lowest BCUT2D eigenvalue weighted by atomic mass is 10.0. The molecule has 1 unspecified atom stereocenters. The van der Waals surface area contributed by atoms with Gasteiger partial charge in [-0.25, -0.2) is 15.0 Å². The Morgan fingerprint density at radius 1 is 1.04 bits per heavy atom. The highest BCUT2D eigenvalue weighted by molar-refractivity contribution is 6.42. The minimum atomic E-state index is -0.286.